The van der Waals surface area contributed by atoms with E-state index in [1.807, 2.05) is 67.9 Å². The van der Waals surface area contributed by atoms with Crippen molar-refractivity contribution in [2.24, 2.45) is 4.99 Å². The highest BCUT2D eigenvalue weighted by Gasteiger charge is 2.18. The fourth-order valence-corrected chi connectivity index (χ4v) is 3.58. The van der Waals surface area contributed by atoms with Gasteiger partial charge in [-0.3, -0.25) is 9.79 Å². The van der Waals surface area contributed by atoms with Crippen LogP contribution >= 0.6 is 0 Å². The third kappa shape index (κ3) is 3.41. The van der Waals surface area contributed by atoms with E-state index >= 15 is 0 Å². The maximum absolute atomic E-state index is 13.0. The number of rotatable bonds is 5. The average Bonchev–Trinajstić information content (AvgIpc) is 3.23. The Labute approximate surface area is 165 Å². The molecule has 0 aliphatic carbocycles. The molecule has 4 heteroatoms. The molecule has 0 saturated carbocycles. The van der Waals surface area contributed by atoms with Crippen molar-refractivity contribution in [1.82, 2.24) is 4.90 Å². The molecule has 1 amide bonds. The van der Waals surface area contributed by atoms with Gasteiger partial charge in [0.25, 0.3) is 5.91 Å². The van der Waals surface area contributed by atoms with E-state index in [2.05, 4.69) is 17.1 Å². The molecule has 1 aliphatic heterocycles. The van der Waals surface area contributed by atoms with Crippen LogP contribution in [0.4, 0.5) is 0 Å². The monoisotopic (exact) mass is 370 g/mol. The van der Waals surface area contributed by atoms with E-state index in [9.17, 15) is 4.79 Å². The third-order valence-electron chi connectivity index (χ3n) is 5.08. The van der Waals surface area contributed by atoms with Crippen LogP contribution in [0.5, 0.6) is 5.75 Å². The Morgan fingerprint density at radius 3 is 2.68 bits per heavy atom. The Morgan fingerprint density at radius 1 is 1.07 bits per heavy atom. The zero-order valence-corrected chi connectivity index (χ0v) is 16.1. The van der Waals surface area contributed by atoms with Gasteiger partial charge < -0.3 is 9.64 Å². The maximum Gasteiger partial charge on any atom is 0.254 e. The highest BCUT2D eigenvalue weighted by molar-refractivity contribution is 5.95. The molecule has 1 aliphatic rings. The minimum atomic E-state index is -0.0329. The molecule has 0 atom stereocenters. The smallest absolute Gasteiger partial charge is 0.254 e. The van der Waals surface area contributed by atoms with Crippen LogP contribution in [-0.4, -0.2) is 31.2 Å². The van der Waals surface area contributed by atoms with Crippen molar-refractivity contribution in [2.75, 3.05) is 14.2 Å². The van der Waals surface area contributed by atoms with Gasteiger partial charge in [-0.25, -0.2) is 0 Å². The van der Waals surface area contributed by atoms with Crippen LogP contribution in [-0.2, 0) is 13.1 Å². The number of hydrogen-bond donors (Lipinski definition) is 0. The van der Waals surface area contributed by atoms with Crippen LogP contribution in [0, 0.1) is 0 Å². The lowest BCUT2D eigenvalue weighted by molar-refractivity contribution is 0.0784. The van der Waals surface area contributed by atoms with Crippen LogP contribution in [0.25, 0.3) is 11.1 Å². The van der Waals surface area contributed by atoms with E-state index in [0.29, 0.717) is 24.4 Å². The summed E-state index contributed by atoms with van der Waals surface area (Å²) in [4.78, 5) is 19.1. The van der Waals surface area contributed by atoms with Crippen molar-refractivity contribution in [3.05, 3.63) is 89.0 Å². The highest BCUT2D eigenvalue weighted by atomic mass is 16.5. The summed E-state index contributed by atoms with van der Waals surface area (Å²) in [6.07, 6.45) is 1.90. The second kappa shape index (κ2) is 7.69. The van der Waals surface area contributed by atoms with Gasteiger partial charge in [0, 0.05) is 30.9 Å². The number of amides is 1. The Kier molecular flexibility index (Phi) is 4.94. The molecule has 3 aromatic carbocycles. The summed E-state index contributed by atoms with van der Waals surface area (Å²) in [6.45, 7) is 1.24. The Hall–Kier alpha value is -3.40. The van der Waals surface area contributed by atoms with E-state index in [1.165, 1.54) is 5.56 Å². The molecule has 4 nitrogen and oxygen atoms in total. The second-order valence-electron chi connectivity index (χ2n) is 6.90. The first kappa shape index (κ1) is 18.0. The fraction of sp³-hybridized carbons (Fsp3) is 0.167. The van der Waals surface area contributed by atoms with Gasteiger partial charge in [0.05, 0.1) is 13.7 Å². The van der Waals surface area contributed by atoms with Crippen LogP contribution < -0.4 is 4.74 Å². The summed E-state index contributed by atoms with van der Waals surface area (Å²) >= 11 is 0. The summed E-state index contributed by atoms with van der Waals surface area (Å²) in [5.74, 6) is 0.661. The Bertz CT molecular complexity index is 1040. The zero-order chi connectivity index (χ0) is 19.5. The number of methoxy groups -OCH3 is 1. The molecule has 3 aromatic rings. The van der Waals surface area contributed by atoms with Gasteiger partial charge in [-0.15, -0.1) is 0 Å². The maximum atomic E-state index is 13.0. The topological polar surface area (TPSA) is 41.9 Å². The number of carbonyl (C=O) groups excluding carboxylic acids is 1. The molecule has 1 heterocycles. The average molecular weight is 370 g/mol. The molecular formula is C24H22N2O2. The first-order chi connectivity index (χ1) is 13.7. The van der Waals surface area contributed by atoms with Gasteiger partial charge >= 0.3 is 0 Å². The summed E-state index contributed by atoms with van der Waals surface area (Å²) in [5, 5.41) is 0. The standard InChI is InChI=1S/C24H22N2O2/c1-26(16-20-10-6-9-19-14-25-15-22(19)20)24(27)18-11-12-21(23(13-18)28-2)17-7-4-3-5-8-17/h3-14H,15-16H2,1-2H3. The van der Waals surface area contributed by atoms with Crippen molar-refractivity contribution >= 4 is 12.1 Å². The van der Waals surface area contributed by atoms with Gasteiger partial charge in [0.2, 0.25) is 0 Å². The molecule has 0 fully saturated rings. The summed E-state index contributed by atoms with van der Waals surface area (Å²) < 4.78 is 5.56. The zero-order valence-electron chi connectivity index (χ0n) is 16.1. The van der Waals surface area contributed by atoms with E-state index in [4.69, 9.17) is 4.74 Å². The molecule has 0 saturated heterocycles. The number of hydrogen-bond acceptors (Lipinski definition) is 3. The molecule has 0 N–H and O–H groups in total. The molecule has 4 rings (SSSR count). The molecule has 0 bridgehead atoms. The predicted octanol–water partition coefficient (Wildman–Crippen LogP) is 4.57. The predicted molar refractivity (Wildman–Crippen MR) is 112 cm³/mol. The quantitative estimate of drug-likeness (QED) is 0.660. The van der Waals surface area contributed by atoms with Crippen molar-refractivity contribution < 1.29 is 9.53 Å². The number of aliphatic imine (C=N–C) groups is 1. The van der Waals surface area contributed by atoms with E-state index < -0.39 is 0 Å². The van der Waals surface area contributed by atoms with Gasteiger partial charge in [0.15, 0.2) is 0 Å². The van der Waals surface area contributed by atoms with Crippen molar-refractivity contribution in [2.45, 2.75) is 13.1 Å². The second-order valence-corrected chi connectivity index (χ2v) is 6.90. The lowest BCUT2D eigenvalue weighted by atomic mass is 10.0. The number of fused-ring (bicyclic) bond motifs is 1. The number of ether oxygens (including phenoxy) is 1. The Morgan fingerprint density at radius 2 is 1.89 bits per heavy atom. The van der Waals surface area contributed by atoms with Crippen LogP contribution in [0.2, 0.25) is 0 Å². The minimum Gasteiger partial charge on any atom is -0.496 e. The SMILES string of the molecule is COc1cc(C(=O)N(C)Cc2cccc3c2CN=C3)ccc1-c1ccccc1. The summed E-state index contributed by atoms with van der Waals surface area (Å²) in [6, 6.07) is 21.8. The van der Waals surface area contributed by atoms with Crippen molar-refractivity contribution in [1.29, 1.82) is 0 Å². The first-order valence-electron chi connectivity index (χ1n) is 9.27. The van der Waals surface area contributed by atoms with E-state index in [-0.39, 0.29) is 5.91 Å². The fourth-order valence-electron chi connectivity index (χ4n) is 3.58. The van der Waals surface area contributed by atoms with Crippen LogP contribution in [0.15, 0.2) is 71.7 Å². The lowest BCUT2D eigenvalue weighted by Crippen LogP contribution is -2.26. The van der Waals surface area contributed by atoms with Crippen molar-refractivity contribution in [3.63, 3.8) is 0 Å². The van der Waals surface area contributed by atoms with E-state index in [1.54, 1.807) is 12.0 Å². The number of carbonyl (C=O) groups is 1. The molecule has 0 spiro atoms. The number of benzene rings is 3. The molecular weight excluding hydrogens is 348 g/mol. The van der Waals surface area contributed by atoms with Gasteiger partial charge in [0.1, 0.15) is 5.75 Å². The molecule has 28 heavy (non-hydrogen) atoms. The summed E-state index contributed by atoms with van der Waals surface area (Å²) in [7, 11) is 3.46. The van der Waals surface area contributed by atoms with Gasteiger partial charge in [-0.2, -0.15) is 0 Å². The van der Waals surface area contributed by atoms with Crippen LogP contribution in [0.3, 0.4) is 0 Å². The third-order valence-corrected chi connectivity index (χ3v) is 5.08. The molecule has 140 valence electrons. The highest BCUT2D eigenvalue weighted by Crippen LogP contribution is 2.31. The van der Waals surface area contributed by atoms with Crippen molar-refractivity contribution in [3.8, 4) is 16.9 Å². The normalized spacial score (nSPS) is 11.9. The van der Waals surface area contributed by atoms with Gasteiger partial charge in [-0.05, 0) is 40.5 Å². The lowest BCUT2D eigenvalue weighted by Gasteiger charge is -2.20. The van der Waals surface area contributed by atoms with E-state index in [0.717, 1.165) is 22.3 Å². The first-order valence-corrected chi connectivity index (χ1v) is 9.27. The molecule has 0 unspecified atom stereocenters. The summed E-state index contributed by atoms with van der Waals surface area (Å²) in [5.41, 5.74) is 6.14. The van der Waals surface area contributed by atoms with Crippen LogP contribution in [0.1, 0.15) is 27.0 Å². The van der Waals surface area contributed by atoms with Gasteiger partial charge in [-0.1, -0.05) is 48.5 Å². The number of nitrogens with zero attached hydrogens (tertiary/aromatic N) is 2. The Balaban J connectivity index is 1.57. The largest absolute Gasteiger partial charge is 0.496 e. The molecule has 0 radical (unpaired) electrons. The minimum absolute atomic E-state index is 0.0329. The molecule has 0 aromatic heterocycles.